The number of hydrogen-bond donors (Lipinski definition) is 3. The van der Waals surface area contributed by atoms with Gasteiger partial charge in [0.1, 0.15) is 12.3 Å². The molecule has 0 aliphatic carbocycles. The van der Waals surface area contributed by atoms with Crippen molar-refractivity contribution in [1.29, 1.82) is 0 Å². The molecule has 0 saturated heterocycles. The van der Waals surface area contributed by atoms with Gasteiger partial charge in [0, 0.05) is 5.69 Å². The number of carbonyl (C=O) groups is 1. The molecule has 11 heteroatoms. The summed E-state index contributed by atoms with van der Waals surface area (Å²) in [6, 6.07) is 5.68. The molecule has 3 N–H and O–H groups in total. The number of sulfonamides is 1. The van der Waals surface area contributed by atoms with Crippen molar-refractivity contribution in [2.45, 2.75) is 18.7 Å². The number of nitrogens with zero attached hydrogens (tertiary/aromatic N) is 1. The summed E-state index contributed by atoms with van der Waals surface area (Å²) in [5.41, 5.74) is -2.16. The first-order valence-electron chi connectivity index (χ1n) is 7.47. The maximum absolute atomic E-state index is 12.9. The van der Waals surface area contributed by atoms with Crippen LogP contribution in [0.2, 0.25) is 0 Å². The first-order chi connectivity index (χ1) is 12.2. The quantitative estimate of drug-likeness (QED) is 0.611. The Bertz CT molecular complexity index is 1020. The predicted octanol–water partition coefficient (Wildman–Crippen LogP) is 0.0502. The molecule has 0 radical (unpaired) electrons. The fraction of sp³-hybridized carbons (Fsp3) is 0.267. The molecule has 26 heavy (non-hydrogen) atoms. The number of nitrogens with one attached hydrogen (secondary N) is 2. The third-order valence-electron chi connectivity index (χ3n) is 3.34. The van der Waals surface area contributed by atoms with Gasteiger partial charge < -0.3 is 14.8 Å². The predicted molar refractivity (Wildman–Crippen MR) is 92.2 cm³/mol. The lowest BCUT2D eigenvalue weighted by Crippen LogP contribution is -2.40. The second kappa shape index (κ2) is 7.44. The Morgan fingerprint density at radius 2 is 1.81 bits per heavy atom. The monoisotopic (exact) mass is 383 g/mol. The van der Waals surface area contributed by atoms with Crippen LogP contribution in [0.3, 0.4) is 0 Å². The van der Waals surface area contributed by atoms with Crippen LogP contribution in [0.1, 0.15) is 12.6 Å². The van der Waals surface area contributed by atoms with E-state index in [4.69, 9.17) is 9.84 Å². The van der Waals surface area contributed by atoms with Crippen LogP contribution in [0.15, 0.2) is 38.8 Å². The highest BCUT2D eigenvalue weighted by Crippen LogP contribution is 2.25. The molecule has 2 rings (SSSR count). The molecule has 0 unspecified atom stereocenters. The first kappa shape index (κ1) is 19.2. The van der Waals surface area contributed by atoms with E-state index in [0.717, 1.165) is 0 Å². The molecule has 10 nitrogen and oxygen atoms in total. The summed E-state index contributed by atoms with van der Waals surface area (Å²) >= 11 is 0. The smallest absolute Gasteiger partial charge is 0.325 e. The first-order valence-corrected chi connectivity index (χ1v) is 8.91. The molecule has 1 aromatic heterocycles. The van der Waals surface area contributed by atoms with Crippen molar-refractivity contribution >= 4 is 21.7 Å². The number of aliphatic carboxylic acids is 1. The van der Waals surface area contributed by atoms with Gasteiger partial charge in [0.05, 0.1) is 12.3 Å². The molecular formula is C15H17N3O7S. The molecule has 0 aliphatic heterocycles. The minimum absolute atomic E-state index is 0.0286. The van der Waals surface area contributed by atoms with Crippen LogP contribution < -0.4 is 20.3 Å². The molecule has 1 heterocycles. The van der Waals surface area contributed by atoms with Gasteiger partial charge in [-0.15, -0.1) is 0 Å². The van der Waals surface area contributed by atoms with Gasteiger partial charge >= 0.3 is 11.7 Å². The van der Waals surface area contributed by atoms with Crippen LogP contribution in [0.25, 0.3) is 0 Å². The van der Waals surface area contributed by atoms with Crippen LogP contribution in [-0.2, 0) is 14.8 Å². The van der Waals surface area contributed by atoms with E-state index in [1.807, 2.05) is 4.98 Å². The van der Waals surface area contributed by atoms with Gasteiger partial charge in [-0.1, -0.05) is 0 Å². The van der Waals surface area contributed by atoms with Crippen molar-refractivity contribution in [3.05, 3.63) is 50.8 Å². The van der Waals surface area contributed by atoms with Gasteiger partial charge in [-0.3, -0.25) is 18.9 Å². The van der Waals surface area contributed by atoms with Gasteiger partial charge in [0.2, 0.25) is 0 Å². The molecule has 0 spiro atoms. The van der Waals surface area contributed by atoms with Crippen molar-refractivity contribution < 1.29 is 23.1 Å². The van der Waals surface area contributed by atoms with E-state index in [9.17, 15) is 22.8 Å². The van der Waals surface area contributed by atoms with Crippen LogP contribution in [-0.4, -0.2) is 42.6 Å². The topological polar surface area (TPSA) is 150 Å². The number of H-pyrrole nitrogens is 2. The molecule has 2 aromatic rings. The molecule has 0 aliphatic rings. The second-order valence-electron chi connectivity index (χ2n) is 5.19. The Kier molecular flexibility index (Phi) is 5.50. The van der Waals surface area contributed by atoms with E-state index >= 15 is 0 Å². The zero-order chi connectivity index (χ0) is 19.5. The number of rotatable bonds is 7. The highest BCUT2D eigenvalue weighted by atomic mass is 32.2. The largest absolute Gasteiger partial charge is 0.494 e. The van der Waals surface area contributed by atoms with Gasteiger partial charge in [-0.05, 0) is 38.1 Å². The number of aromatic amines is 2. The number of ether oxygens (including phenoxy) is 1. The van der Waals surface area contributed by atoms with Gasteiger partial charge in [0.25, 0.3) is 15.6 Å². The summed E-state index contributed by atoms with van der Waals surface area (Å²) in [5.74, 6) is -0.942. The number of anilines is 1. The fourth-order valence-corrected chi connectivity index (χ4v) is 3.95. The van der Waals surface area contributed by atoms with Crippen molar-refractivity contribution in [2.24, 2.45) is 0 Å². The van der Waals surface area contributed by atoms with Gasteiger partial charge in [-0.2, -0.15) is 0 Å². The summed E-state index contributed by atoms with van der Waals surface area (Å²) in [6.45, 7) is 2.51. The van der Waals surface area contributed by atoms with Gasteiger partial charge in [0.15, 0.2) is 4.90 Å². The van der Waals surface area contributed by atoms with E-state index in [1.54, 1.807) is 6.92 Å². The molecular weight excluding hydrogens is 366 g/mol. The molecule has 0 saturated carbocycles. The minimum Gasteiger partial charge on any atom is -0.494 e. The fourth-order valence-electron chi connectivity index (χ4n) is 2.32. The Hall–Kier alpha value is -3.08. The zero-order valence-corrected chi connectivity index (χ0v) is 14.8. The third-order valence-corrected chi connectivity index (χ3v) is 5.27. The Morgan fingerprint density at radius 1 is 1.19 bits per heavy atom. The summed E-state index contributed by atoms with van der Waals surface area (Å²) < 4.78 is 31.7. The third kappa shape index (κ3) is 3.94. The maximum Gasteiger partial charge on any atom is 0.325 e. The molecule has 0 atom stereocenters. The molecule has 140 valence electrons. The number of aryl methyl sites for hydroxylation is 1. The summed E-state index contributed by atoms with van der Waals surface area (Å²) in [6.07, 6.45) is 0. The van der Waals surface area contributed by atoms with Crippen molar-refractivity contribution in [1.82, 2.24) is 9.97 Å². The normalized spacial score (nSPS) is 11.2. The highest BCUT2D eigenvalue weighted by molar-refractivity contribution is 7.92. The van der Waals surface area contributed by atoms with Crippen molar-refractivity contribution in [2.75, 3.05) is 17.5 Å². The standard InChI is InChI=1S/C15H17N3O7S/c1-3-25-11-6-4-10(5-7-11)18(8-12(19)20)26(23,24)13-9(2)16-15(22)17-14(13)21/h4-7H,3,8H2,1-2H3,(H,19,20)(H2,16,17,21,22). The molecule has 0 fully saturated rings. The van der Waals surface area contributed by atoms with Crippen LogP contribution in [0.5, 0.6) is 5.75 Å². The Balaban J connectivity index is 2.61. The van der Waals surface area contributed by atoms with Crippen LogP contribution in [0, 0.1) is 6.92 Å². The zero-order valence-electron chi connectivity index (χ0n) is 14.0. The van der Waals surface area contributed by atoms with Crippen LogP contribution >= 0.6 is 0 Å². The highest BCUT2D eigenvalue weighted by Gasteiger charge is 2.31. The van der Waals surface area contributed by atoms with E-state index in [2.05, 4.69) is 4.98 Å². The minimum atomic E-state index is -4.55. The Labute approximate surface area is 148 Å². The summed E-state index contributed by atoms with van der Waals surface area (Å²) in [5, 5.41) is 9.10. The number of benzene rings is 1. The van der Waals surface area contributed by atoms with E-state index < -0.39 is 38.7 Å². The molecule has 0 amide bonds. The maximum atomic E-state index is 12.9. The number of hydrogen-bond acceptors (Lipinski definition) is 6. The SMILES string of the molecule is CCOc1ccc(N(CC(=O)O)S(=O)(=O)c2c(C)[nH]c(=O)[nH]c2=O)cc1. The van der Waals surface area contributed by atoms with E-state index in [0.29, 0.717) is 16.7 Å². The summed E-state index contributed by atoms with van der Waals surface area (Å²) in [4.78, 5) is 37.8. The number of carboxylic acid groups (broad SMARTS) is 1. The van der Waals surface area contributed by atoms with Crippen molar-refractivity contribution in [3.8, 4) is 5.75 Å². The average Bonchev–Trinajstić information content (AvgIpc) is 2.52. The Morgan fingerprint density at radius 3 is 2.31 bits per heavy atom. The lowest BCUT2D eigenvalue weighted by molar-refractivity contribution is -0.135. The number of aromatic nitrogens is 2. The van der Waals surface area contributed by atoms with Gasteiger partial charge in [-0.25, -0.2) is 13.2 Å². The number of carboxylic acids is 1. The molecule has 1 aromatic carbocycles. The van der Waals surface area contributed by atoms with Crippen LogP contribution in [0.4, 0.5) is 5.69 Å². The lowest BCUT2D eigenvalue weighted by atomic mass is 10.3. The van der Waals surface area contributed by atoms with E-state index in [1.165, 1.54) is 31.2 Å². The average molecular weight is 383 g/mol. The lowest BCUT2D eigenvalue weighted by Gasteiger charge is -2.23. The molecule has 0 bridgehead atoms. The summed E-state index contributed by atoms with van der Waals surface area (Å²) in [7, 11) is -4.55. The second-order valence-corrected chi connectivity index (χ2v) is 6.99. The van der Waals surface area contributed by atoms with E-state index in [-0.39, 0.29) is 11.4 Å². The van der Waals surface area contributed by atoms with Crippen molar-refractivity contribution in [3.63, 3.8) is 0 Å².